The Morgan fingerprint density at radius 3 is 2.94 bits per heavy atom. The zero-order valence-electron chi connectivity index (χ0n) is 9.63. The zero-order valence-corrected chi connectivity index (χ0v) is 9.63. The molecule has 1 heterocycles. The molecule has 0 radical (unpaired) electrons. The summed E-state index contributed by atoms with van der Waals surface area (Å²) in [7, 11) is 0. The van der Waals surface area contributed by atoms with E-state index in [1.807, 2.05) is 6.07 Å². The van der Waals surface area contributed by atoms with Crippen LogP contribution in [-0.4, -0.2) is 28.0 Å². The van der Waals surface area contributed by atoms with E-state index >= 15 is 0 Å². The van der Waals surface area contributed by atoms with Crippen molar-refractivity contribution < 1.29 is 5.11 Å². The minimum atomic E-state index is 0.238. The highest BCUT2D eigenvalue weighted by molar-refractivity contribution is 5.36. The number of aliphatic hydroxyl groups is 1. The van der Waals surface area contributed by atoms with Crippen molar-refractivity contribution in [2.75, 3.05) is 11.9 Å². The van der Waals surface area contributed by atoms with E-state index < -0.39 is 0 Å². The molecule has 1 aromatic rings. The van der Waals surface area contributed by atoms with Gasteiger partial charge in [0, 0.05) is 12.6 Å². The first-order valence-corrected chi connectivity index (χ1v) is 5.94. The molecule has 2 rings (SSSR count). The van der Waals surface area contributed by atoms with E-state index in [2.05, 4.69) is 15.5 Å². The lowest BCUT2D eigenvalue weighted by Crippen LogP contribution is -2.25. The molecule has 0 aromatic carbocycles. The molecule has 1 aliphatic carbocycles. The van der Waals surface area contributed by atoms with Gasteiger partial charge in [0.15, 0.2) is 5.69 Å². The largest absolute Gasteiger partial charge is 0.396 e. The Balaban J connectivity index is 1.97. The van der Waals surface area contributed by atoms with Crippen LogP contribution in [0.1, 0.15) is 31.4 Å². The number of aromatic nitrogens is 2. The molecule has 90 valence electrons. The molecule has 0 bridgehead atoms. The quantitative estimate of drug-likeness (QED) is 0.818. The predicted molar refractivity (Wildman–Crippen MR) is 63.2 cm³/mol. The fourth-order valence-corrected chi connectivity index (χ4v) is 2.40. The number of nitriles is 1. The maximum Gasteiger partial charge on any atom is 0.163 e. The van der Waals surface area contributed by atoms with Crippen LogP contribution in [0.4, 0.5) is 5.82 Å². The number of nitrogens with zero attached hydrogens (tertiary/aromatic N) is 3. The van der Waals surface area contributed by atoms with Crippen molar-refractivity contribution in [3.8, 4) is 6.07 Å². The molecule has 5 heteroatoms. The molecule has 0 saturated heterocycles. The maximum atomic E-state index is 8.99. The van der Waals surface area contributed by atoms with Crippen molar-refractivity contribution in [3.63, 3.8) is 0 Å². The first kappa shape index (κ1) is 11.8. The summed E-state index contributed by atoms with van der Waals surface area (Å²) in [6.07, 6.45) is 4.28. The molecule has 2 N–H and O–H groups in total. The molecule has 0 amide bonds. The summed E-state index contributed by atoms with van der Waals surface area (Å²) in [5.41, 5.74) is 0.328. The molecule has 2 unspecified atom stereocenters. The molecule has 1 fully saturated rings. The molecular weight excluding hydrogens is 216 g/mol. The zero-order chi connectivity index (χ0) is 12.1. The van der Waals surface area contributed by atoms with Crippen molar-refractivity contribution in [2.24, 2.45) is 5.92 Å². The van der Waals surface area contributed by atoms with E-state index in [1.54, 1.807) is 12.1 Å². The third kappa shape index (κ3) is 2.92. The summed E-state index contributed by atoms with van der Waals surface area (Å²) in [6.45, 7) is 0.238. The van der Waals surface area contributed by atoms with Gasteiger partial charge in [0.05, 0.1) is 0 Å². The van der Waals surface area contributed by atoms with Gasteiger partial charge in [0.2, 0.25) is 0 Å². The fraction of sp³-hybridized carbons (Fsp3) is 0.583. The van der Waals surface area contributed by atoms with Gasteiger partial charge in [-0.05, 0) is 37.3 Å². The van der Waals surface area contributed by atoms with Crippen LogP contribution in [0, 0.1) is 17.2 Å². The minimum absolute atomic E-state index is 0.238. The second kappa shape index (κ2) is 5.60. The summed E-state index contributed by atoms with van der Waals surface area (Å²) in [5, 5.41) is 28.7. The van der Waals surface area contributed by atoms with Gasteiger partial charge in [-0.25, -0.2) is 0 Å². The Morgan fingerprint density at radius 2 is 2.29 bits per heavy atom. The molecule has 17 heavy (non-hydrogen) atoms. The molecular formula is C12H16N4O. The monoisotopic (exact) mass is 232 g/mol. The van der Waals surface area contributed by atoms with Crippen molar-refractivity contribution in [1.29, 1.82) is 5.26 Å². The van der Waals surface area contributed by atoms with Crippen LogP contribution >= 0.6 is 0 Å². The second-order valence-electron chi connectivity index (χ2n) is 4.37. The van der Waals surface area contributed by atoms with Crippen molar-refractivity contribution >= 4 is 5.82 Å². The van der Waals surface area contributed by atoms with Gasteiger partial charge >= 0.3 is 0 Å². The van der Waals surface area contributed by atoms with Crippen molar-refractivity contribution in [2.45, 2.75) is 31.7 Å². The number of hydrogen-bond donors (Lipinski definition) is 2. The van der Waals surface area contributed by atoms with Crippen LogP contribution in [0.15, 0.2) is 12.1 Å². The SMILES string of the molecule is N#Cc1ccc(NC2CCCC2CCO)nn1. The van der Waals surface area contributed by atoms with Crippen molar-refractivity contribution in [1.82, 2.24) is 10.2 Å². The normalized spacial score (nSPS) is 23.3. The molecule has 2 atom stereocenters. The van der Waals surface area contributed by atoms with E-state index in [0.29, 0.717) is 23.5 Å². The first-order valence-electron chi connectivity index (χ1n) is 5.94. The predicted octanol–water partition coefficient (Wildman–Crippen LogP) is 1.31. The lowest BCUT2D eigenvalue weighted by Gasteiger charge is -2.20. The van der Waals surface area contributed by atoms with Gasteiger partial charge in [-0.3, -0.25) is 0 Å². The Bertz CT molecular complexity index is 398. The Hall–Kier alpha value is -1.67. The Morgan fingerprint density at radius 1 is 1.41 bits per heavy atom. The van der Waals surface area contributed by atoms with E-state index in [9.17, 15) is 0 Å². The van der Waals surface area contributed by atoms with Crippen LogP contribution in [0.2, 0.25) is 0 Å². The summed E-state index contributed by atoms with van der Waals surface area (Å²) >= 11 is 0. The van der Waals surface area contributed by atoms with Gasteiger partial charge in [0.1, 0.15) is 11.9 Å². The summed E-state index contributed by atoms with van der Waals surface area (Å²) in [4.78, 5) is 0. The molecule has 1 aromatic heterocycles. The van der Waals surface area contributed by atoms with E-state index in [1.165, 1.54) is 6.42 Å². The van der Waals surface area contributed by atoms with Crippen LogP contribution < -0.4 is 5.32 Å². The summed E-state index contributed by atoms with van der Waals surface area (Å²) in [5.74, 6) is 1.22. The number of hydrogen-bond acceptors (Lipinski definition) is 5. The lowest BCUT2D eigenvalue weighted by atomic mass is 10.0. The van der Waals surface area contributed by atoms with Crippen LogP contribution in [0.25, 0.3) is 0 Å². The minimum Gasteiger partial charge on any atom is -0.396 e. The average Bonchev–Trinajstić information content (AvgIpc) is 2.78. The number of nitrogens with one attached hydrogen (secondary N) is 1. The van der Waals surface area contributed by atoms with Gasteiger partial charge in [-0.15, -0.1) is 10.2 Å². The highest BCUT2D eigenvalue weighted by atomic mass is 16.3. The highest BCUT2D eigenvalue weighted by Gasteiger charge is 2.26. The lowest BCUT2D eigenvalue weighted by molar-refractivity contribution is 0.254. The molecule has 1 aliphatic rings. The second-order valence-corrected chi connectivity index (χ2v) is 4.37. The third-order valence-corrected chi connectivity index (χ3v) is 3.27. The topological polar surface area (TPSA) is 81.8 Å². The number of aliphatic hydroxyl groups excluding tert-OH is 1. The third-order valence-electron chi connectivity index (χ3n) is 3.27. The Labute approximate surface area is 100 Å². The number of anilines is 1. The maximum absolute atomic E-state index is 8.99. The van der Waals surface area contributed by atoms with E-state index in [4.69, 9.17) is 10.4 Å². The smallest absolute Gasteiger partial charge is 0.163 e. The number of rotatable bonds is 4. The van der Waals surface area contributed by atoms with E-state index in [0.717, 1.165) is 19.3 Å². The summed E-state index contributed by atoms with van der Waals surface area (Å²) in [6, 6.07) is 5.74. The Kier molecular flexibility index (Phi) is 3.89. The van der Waals surface area contributed by atoms with Crippen molar-refractivity contribution in [3.05, 3.63) is 17.8 Å². The standard InChI is InChI=1S/C12H16N4O/c13-8-10-4-5-12(16-15-10)14-11-3-1-2-9(11)6-7-17/h4-5,9,11,17H,1-3,6-7H2,(H,14,16). The average molecular weight is 232 g/mol. The molecule has 1 saturated carbocycles. The highest BCUT2D eigenvalue weighted by Crippen LogP contribution is 2.30. The van der Waals surface area contributed by atoms with Crippen LogP contribution in [0.3, 0.4) is 0 Å². The van der Waals surface area contributed by atoms with Gasteiger partial charge < -0.3 is 10.4 Å². The first-order chi connectivity index (χ1) is 8.33. The van der Waals surface area contributed by atoms with Crippen LogP contribution in [-0.2, 0) is 0 Å². The van der Waals surface area contributed by atoms with Gasteiger partial charge in [-0.2, -0.15) is 5.26 Å². The fourth-order valence-electron chi connectivity index (χ4n) is 2.40. The van der Waals surface area contributed by atoms with Gasteiger partial charge in [-0.1, -0.05) is 6.42 Å². The molecule has 0 spiro atoms. The molecule has 0 aliphatic heterocycles. The molecule has 5 nitrogen and oxygen atoms in total. The van der Waals surface area contributed by atoms with Gasteiger partial charge in [0.25, 0.3) is 0 Å². The van der Waals surface area contributed by atoms with E-state index in [-0.39, 0.29) is 6.61 Å². The van der Waals surface area contributed by atoms with Crippen LogP contribution in [0.5, 0.6) is 0 Å². The summed E-state index contributed by atoms with van der Waals surface area (Å²) < 4.78 is 0.